The van der Waals surface area contributed by atoms with Crippen molar-refractivity contribution in [3.63, 3.8) is 0 Å². The molecule has 0 aromatic carbocycles. The van der Waals surface area contributed by atoms with Gasteiger partial charge < -0.3 is 9.88 Å². The van der Waals surface area contributed by atoms with Gasteiger partial charge in [-0.25, -0.2) is 0 Å². The molecule has 2 rings (SSSR count). The van der Waals surface area contributed by atoms with Crippen molar-refractivity contribution < 1.29 is 4.79 Å². The van der Waals surface area contributed by atoms with Gasteiger partial charge in [0, 0.05) is 32.2 Å². The third-order valence-corrected chi connectivity index (χ3v) is 2.54. The van der Waals surface area contributed by atoms with Gasteiger partial charge in [-0.05, 0) is 23.8 Å². The topological polar surface area (TPSA) is 64.0 Å². The van der Waals surface area contributed by atoms with Crippen molar-refractivity contribution in [2.24, 2.45) is 7.05 Å². The monoisotopic (exact) mass is 243 g/mol. The average molecular weight is 243 g/mol. The van der Waals surface area contributed by atoms with Crippen LogP contribution in [0.25, 0.3) is 0 Å². The Kier molecular flexibility index (Phi) is 3.52. The Labute approximate surface area is 104 Å². The van der Waals surface area contributed by atoms with Crippen LogP contribution in [0.4, 0.5) is 0 Å². The lowest BCUT2D eigenvalue weighted by Crippen LogP contribution is -2.31. The van der Waals surface area contributed by atoms with E-state index >= 15 is 0 Å². The summed E-state index contributed by atoms with van der Waals surface area (Å²) in [6, 6.07) is 6.83. The minimum atomic E-state index is -0.375. The van der Waals surface area contributed by atoms with Gasteiger partial charge in [-0.2, -0.15) is 0 Å². The lowest BCUT2D eigenvalue weighted by atomic mass is 10.2. The van der Waals surface area contributed by atoms with Crippen LogP contribution in [0.2, 0.25) is 0 Å². The van der Waals surface area contributed by atoms with Gasteiger partial charge in [-0.15, -0.1) is 0 Å². The van der Waals surface area contributed by atoms with E-state index in [4.69, 9.17) is 0 Å². The van der Waals surface area contributed by atoms with Gasteiger partial charge in [-0.1, -0.05) is 6.07 Å². The van der Waals surface area contributed by atoms with Crippen molar-refractivity contribution in [1.82, 2.24) is 14.9 Å². The zero-order chi connectivity index (χ0) is 13.0. The van der Waals surface area contributed by atoms with E-state index in [0.717, 1.165) is 5.56 Å². The molecule has 5 nitrogen and oxygen atoms in total. The van der Waals surface area contributed by atoms with Crippen molar-refractivity contribution in [3.8, 4) is 0 Å². The lowest BCUT2D eigenvalue weighted by Gasteiger charge is -2.05. The number of rotatable bonds is 3. The minimum absolute atomic E-state index is 0.142. The van der Waals surface area contributed by atoms with Crippen LogP contribution in [0.15, 0.2) is 47.7 Å². The molecule has 2 heterocycles. The Morgan fingerprint density at radius 1 is 1.39 bits per heavy atom. The second-order valence-corrected chi connectivity index (χ2v) is 3.88. The fourth-order valence-corrected chi connectivity index (χ4v) is 1.55. The standard InChI is InChI=1S/C13H13N3O2/c1-16-7-3-5-11(13(16)18)12(17)15-9-10-4-2-6-14-8-10/h2-8H,9H2,1H3,(H,15,17). The number of nitrogens with zero attached hydrogens (tertiary/aromatic N) is 2. The van der Waals surface area contributed by atoms with Crippen LogP contribution in [-0.4, -0.2) is 15.5 Å². The van der Waals surface area contributed by atoms with Crippen molar-refractivity contribution in [2.45, 2.75) is 6.54 Å². The van der Waals surface area contributed by atoms with Crippen LogP contribution in [-0.2, 0) is 13.6 Å². The molecule has 0 aliphatic heterocycles. The molecule has 2 aromatic rings. The predicted octanol–water partition coefficient (Wildman–Crippen LogP) is 0.710. The van der Waals surface area contributed by atoms with Gasteiger partial charge in [0.2, 0.25) is 0 Å². The van der Waals surface area contributed by atoms with Crippen LogP contribution in [0.5, 0.6) is 0 Å². The highest BCUT2D eigenvalue weighted by atomic mass is 16.2. The number of carbonyl (C=O) groups excluding carboxylic acids is 1. The SMILES string of the molecule is Cn1cccc(C(=O)NCc2cccnc2)c1=O. The predicted molar refractivity (Wildman–Crippen MR) is 67.1 cm³/mol. The Hall–Kier alpha value is -2.43. The van der Waals surface area contributed by atoms with Gasteiger partial charge in [-0.3, -0.25) is 14.6 Å². The maximum atomic E-state index is 11.8. The van der Waals surface area contributed by atoms with Gasteiger partial charge >= 0.3 is 0 Å². The first kappa shape index (κ1) is 12.0. The molecule has 0 saturated carbocycles. The summed E-state index contributed by atoms with van der Waals surface area (Å²) in [5.41, 5.74) is 0.726. The van der Waals surface area contributed by atoms with Crippen molar-refractivity contribution >= 4 is 5.91 Å². The number of amides is 1. The van der Waals surface area contributed by atoms with E-state index < -0.39 is 0 Å². The molecule has 0 fully saturated rings. The molecule has 0 bridgehead atoms. The van der Waals surface area contributed by atoms with Gasteiger partial charge in [0.15, 0.2) is 0 Å². The quantitative estimate of drug-likeness (QED) is 0.863. The van der Waals surface area contributed by atoms with Crippen molar-refractivity contribution in [1.29, 1.82) is 0 Å². The number of hydrogen-bond donors (Lipinski definition) is 1. The highest BCUT2D eigenvalue weighted by molar-refractivity contribution is 5.93. The van der Waals surface area contributed by atoms with Gasteiger partial charge in [0.05, 0.1) is 0 Å². The molecule has 0 radical (unpaired) electrons. The zero-order valence-electron chi connectivity index (χ0n) is 9.96. The van der Waals surface area contributed by atoms with Crippen LogP contribution in [0.3, 0.4) is 0 Å². The van der Waals surface area contributed by atoms with E-state index in [-0.39, 0.29) is 17.0 Å². The number of carbonyl (C=O) groups is 1. The number of pyridine rings is 2. The normalized spacial score (nSPS) is 10.1. The molecule has 1 amide bonds. The number of hydrogen-bond acceptors (Lipinski definition) is 3. The molecule has 18 heavy (non-hydrogen) atoms. The Bertz CT molecular complexity index is 605. The second kappa shape index (κ2) is 5.27. The minimum Gasteiger partial charge on any atom is -0.348 e. The summed E-state index contributed by atoms with van der Waals surface area (Å²) < 4.78 is 1.37. The fourth-order valence-electron chi connectivity index (χ4n) is 1.55. The van der Waals surface area contributed by atoms with Crippen LogP contribution in [0.1, 0.15) is 15.9 Å². The van der Waals surface area contributed by atoms with E-state index in [1.54, 1.807) is 37.8 Å². The maximum absolute atomic E-state index is 11.8. The van der Waals surface area contributed by atoms with E-state index in [0.29, 0.717) is 6.54 Å². The summed E-state index contributed by atoms with van der Waals surface area (Å²) in [6.45, 7) is 0.352. The first-order valence-corrected chi connectivity index (χ1v) is 5.51. The second-order valence-electron chi connectivity index (χ2n) is 3.88. The summed E-state index contributed by atoms with van der Waals surface area (Å²) in [6.07, 6.45) is 4.95. The van der Waals surface area contributed by atoms with Crippen molar-refractivity contribution in [2.75, 3.05) is 0 Å². The highest BCUT2D eigenvalue weighted by Crippen LogP contribution is 1.96. The first-order chi connectivity index (χ1) is 8.68. The van der Waals surface area contributed by atoms with Crippen LogP contribution in [0, 0.1) is 0 Å². The number of aromatic nitrogens is 2. The molecule has 92 valence electrons. The number of aryl methyl sites for hydroxylation is 1. The molecule has 0 spiro atoms. The molecule has 0 atom stereocenters. The first-order valence-electron chi connectivity index (χ1n) is 5.51. The molecule has 0 saturated heterocycles. The van der Waals surface area contributed by atoms with Crippen LogP contribution >= 0.6 is 0 Å². The third-order valence-electron chi connectivity index (χ3n) is 2.54. The third kappa shape index (κ3) is 2.63. The largest absolute Gasteiger partial charge is 0.348 e. The maximum Gasteiger partial charge on any atom is 0.263 e. The summed E-state index contributed by atoms with van der Waals surface area (Å²) in [5.74, 6) is -0.375. The summed E-state index contributed by atoms with van der Waals surface area (Å²) in [7, 11) is 1.61. The van der Waals surface area contributed by atoms with Crippen molar-refractivity contribution in [3.05, 3.63) is 64.3 Å². The van der Waals surface area contributed by atoms with E-state index in [1.807, 2.05) is 6.07 Å². The Morgan fingerprint density at radius 2 is 2.22 bits per heavy atom. The molecule has 1 N–H and O–H groups in total. The van der Waals surface area contributed by atoms with Gasteiger partial charge in [0.25, 0.3) is 11.5 Å². The van der Waals surface area contributed by atoms with Gasteiger partial charge in [0.1, 0.15) is 5.56 Å². The lowest BCUT2D eigenvalue weighted by molar-refractivity contribution is 0.0949. The summed E-state index contributed by atoms with van der Waals surface area (Å²) in [4.78, 5) is 27.5. The smallest absolute Gasteiger partial charge is 0.263 e. The summed E-state index contributed by atoms with van der Waals surface area (Å²) in [5, 5.41) is 2.69. The van der Waals surface area contributed by atoms with Crippen LogP contribution < -0.4 is 10.9 Å². The van der Waals surface area contributed by atoms with E-state index in [2.05, 4.69) is 10.3 Å². The molecular formula is C13H13N3O2. The summed E-state index contributed by atoms with van der Waals surface area (Å²) >= 11 is 0. The average Bonchev–Trinajstić information content (AvgIpc) is 2.40. The molecule has 0 aliphatic rings. The zero-order valence-corrected chi connectivity index (χ0v) is 9.96. The molecule has 0 unspecified atom stereocenters. The molecular weight excluding hydrogens is 230 g/mol. The van der Waals surface area contributed by atoms with E-state index in [9.17, 15) is 9.59 Å². The fraction of sp³-hybridized carbons (Fsp3) is 0.154. The molecule has 2 aromatic heterocycles. The Morgan fingerprint density at radius 3 is 2.94 bits per heavy atom. The highest BCUT2D eigenvalue weighted by Gasteiger charge is 2.10. The molecule has 5 heteroatoms. The molecule has 0 aliphatic carbocycles. The Balaban J connectivity index is 2.09. The number of nitrogens with one attached hydrogen (secondary N) is 1. The van der Waals surface area contributed by atoms with E-state index in [1.165, 1.54) is 10.6 Å².